The first-order valence-corrected chi connectivity index (χ1v) is 10.5. The number of ether oxygens (including phenoxy) is 1. The van der Waals surface area contributed by atoms with Gasteiger partial charge in [0.2, 0.25) is 11.8 Å². The van der Waals surface area contributed by atoms with Gasteiger partial charge in [-0.2, -0.15) is 0 Å². The molecular formula is C24H24N6O3. The van der Waals surface area contributed by atoms with Crippen molar-refractivity contribution in [3.8, 4) is 0 Å². The van der Waals surface area contributed by atoms with Crippen molar-refractivity contribution in [2.75, 3.05) is 25.2 Å². The summed E-state index contributed by atoms with van der Waals surface area (Å²) in [5, 5.41) is 11.1. The normalized spacial score (nSPS) is 11.8. The number of hydrogen-bond acceptors (Lipinski definition) is 6. The average molecular weight is 444 g/mol. The molecule has 0 saturated carbocycles. The maximum Gasteiger partial charge on any atom is 0.249 e. The molecule has 0 fully saturated rings. The molecule has 4 aromatic rings. The maximum atomic E-state index is 13.7. The van der Waals surface area contributed by atoms with Crippen LogP contribution in [0.25, 0.3) is 11.0 Å². The van der Waals surface area contributed by atoms with Gasteiger partial charge >= 0.3 is 0 Å². The molecule has 4 rings (SSSR count). The first kappa shape index (κ1) is 22.1. The number of nitrogens with zero attached hydrogens (tertiary/aromatic N) is 5. The zero-order valence-corrected chi connectivity index (χ0v) is 18.2. The quantitative estimate of drug-likeness (QED) is 0.398. The number of rotatable bonds is 9. The minimum atomic E-state index is -0.930. The van der Waals surface area contributed by atoms with Crippen LogP contribution in [0.3, 0.4) is 0 Å². The van der Waals surface area contributed by atoms with E-state index in [0.29, 0.717) is 29.9 Å². The van der Waals surface area contributed by atoms with Gasteiger partial charge in [-0.1, -0.05) is 41.6 Å². The monoisotopic (exact) mass is 444 g/mol. The second-order valence-corrected chi connectivity index (χ2v) is 7.31. The Balaban J connectivity index is 1.73. The molecule has 0 aliphatic carbocycles. The molecule has 0 aliphatic heterocycles. The number of benzene rings is 2. The Hall–Kier alpha value is -4.11. The Morgan fingerprint density at radius 1 is 1.06 bits per heavy atom. The van der Waals surface area contributed by atoms with E-state index in [9.17, 15) is 9.59 Å². The largest absolute Gasteiger partial charge is 0.383 e. The number of carbonyl (C=O) groups is 2. The fraction of sp³-hybridized carbons (Fsp3) is 0.208. The Morgan fingerprint density at radius 3 is 2.61 bits per heavy atom. The number of aromatic nitrogens is 4. The smallest absolute Gasteiger partial charge is 0.249 e. The highest BCUT2D eigenvalue weighted by Crippen LogP contribution is 2.28. The van der Waals surface area contributed by atoms with Gasteiger partial charge in [0.15, 0.2) is 0 Å². The van der Waals surface area contributed by atoms with Crippen LogP contribution >= 0.6 is 0 Å². The van der Waals surface area contributed by atoms with Crippen LogP contribution < -0.4 is 10.2 Å². The van der Waals surface area contributed by atoms with Crippen LogP contribution in [0, 0.1) is 0 Å². The van der Waals surface area contributed by atoms with Crippen LogP contribution in [0.5, 0.6) is 0 Å². The lowest BCUT2D eigenvalue weighted by Crippen LogP contribution is -2.46. The lowest BCUT2D eigenvalue weighted by atomic mass is 10.0. The summed E-state index contributed by atoms with van der Waals surface area (Å²) in [6.45, 7) is 0.587. The molecule has 33 heavy (non-hydrogen) atoms. The SMILES string of the molecule is COCCNC(=O)[C@H](c1cccnc1)N(C(=O)Cn1nnc2ccccc21)c1ccccc1. The topological polar surface area (TPSA) is 102 Å². The molecule has 0 aliphatic rings. The molecule has 1 atom stereocenters. The number of fused-ring (bicyclic) bond motifs is 1. The van der Waals surface area contributed by atoms with E-state index in [1.54, 1.807) is 43.8 Å². The molecule has 1 N–H and O–H groups in total. The molecule has 2 aromatic carbocycles. The number of para-hydroxylation sites is 2. The zero-order chi connectivity index (χ0) is 23.0. The van der Waals surface area contributed by atoms with Crippen LogP contribution in [-0.2, 0) is 20.9 Å². The molecule has 0 spiro atoms. The molecule has 0 saturated heterocycles. The number of carbonyl (C=O) groups excluding carboxylic acids is 2. The van der Waals surface area contributed by atoms with E-state index in [1.165, 1.54) is 9.58 Å². The average Bonchev–Trinajstić information content (AvgIpc) is 3.26. The molecule has 168 valence electrons. The van der Waals surface area contributed by atoms with Crippen molar-refractivity contribution in [3.05, 3.63) is 84.7 Å². The van der Waals surface area contributed by atoms with Gasteiger partial charge in [0, 0.05) is 37.3 Å². The summed E-state index contributed by atoms with van der Waals surface area (Å²) in [5.74, 6) is -0.645. The molecule has 0 radical (unpaired) electrons. The number of nitrogens with one attached hydrogen (secondary N) is 1. The number of pyridine rings is 1. The number of hydrogen-bond donors (Lipinski definition) is 1. The molecule has 2 heterocycles. The third kappa shape index (κ3) is 5.04. The first-order valence-electron chi connectivity index (χ1n) is 10.5. The van der Waals surface area contributed by atoms with E-state index < -0.39 is 6.04 Å². The van der Waals surface area contributed by atoms with Gasteiger partial charge in [0.05, 0.1) is 12.1 Å². The van der Waals surface area contributed by atoms with Gasteiger partial charge in [0.25, 0.3) is 0 Å². The highest BCUT2D eigenvalue weighted by atomic mass is 16.5. The van der Waals surface area contributed by atoms with Crippen molar-refractivity contribution in [2.24, 2.45) is 0 Å². The van der Waals surface area contributed by atoms with Crippen LogP contribution in [0.2, 0.25) is 0 Å². The Kier molecular flexibility index (Phi) is 7.01. The summed E-state index contributed by atoms with van der Waals surface area (Å²) < 4.78 is 6.59. The fourth-order valence-electron chi connectivity index (χ4n) is 3.59. The molecule has 0 unspecified atom stereocenters. The lowest BCUT2D eigenvalue weighted by molar-refractivity contribution is -0.127. The Bertz CT molecular complexity index is 1210. The summed E-state index contributed by atoms with van der Waals surface area (Å²) in [4.78, 5) is 32.7. The fourth-order valence-corrected chi connectivity index (χ4v) is 3.59. The Morgan fingerprint density at radius 2 is 1.85 bits per heavy atom. The maximum absolute atomic E-state index is 13.7. The predicted molar refractivity (Wildman–Crippen MR) is 123 cm³/mol. The number of anilines is 1. The highest BCUT2D eigenvalue weighted by molar-refractivity contribution is 6.01. The second kappa shape index (κ2) is 10.5. The van der Waals surface area contributed by atoms with Gasteiger partial charge in [-0.05, 0) is 30.3 Å². The van der Waals surface area contributed by atoms with Gasteiger partial charge in [-0.3, -0.25) is 19.5 Å². The van der Waals surface area contributed by atoms with Crippen molar-refractivity contribution in [2.45, 2.75) is 12.6 Å². The van der Waals surface area contributed by atoms with Crippen molar-refractivity contribution < 1.29 is 14.3 Å². The standard InChI is InChI=1S/C24H24N6O3/c1-33-15-14-26-24(32)23(18-8-7-13-25-16-18)30(19-9-3-2-4-10-19)22(31)17-29-21-12-6-5-11-20(21)27-28-29/h2-13,16,23H,14-15,17H2,1H3,(H,26,32)/t23-/m0/s1. The first-order chi connectivity index (χ1) is 16.2. The van der Waals surface area contributed by atoms with Crippen LogP contribution in [0.15, 0.2) is 79.1 Å². The molecule has 9 nitrogen and oxygen atoms in total. The van der Waals surface area contributed by atoms with E-state index in [-0.39, 0.29) is 18.4 Å². The van der Waals surface area contributed by atoms with Crippen molar-refractivity contribution in [3.63, 3.8) is 0 Å². The van der Waals surface area contributed by atoms with Crippen LogP contribution in [-0.4, -0.2) is 52.1 Å². The third-order valence-electron chi connectivity index (χ3n) is 5.12. The summed E-state index contributed by atoms with van der Waals surface area (Å²) in [7, 11) is 1.56. The van der Waals surface area contributed by atoms with E-state index in [2.05, 4.69) is 20.6 Å². The van der Waals surface area contributed by atoms with Crippen molar-refractivity contribution >= 4 is 28.5 Å². The minimum Gasteiger partial charge on any atom is -0.383 e. The van der Waals surface area contributed by atoms with Crippen molar-refractivity contribution in [1.29, 1.82) is 0 Å². The summed E-state index contributed by atoms with van der Waals surface area (Å²) >= 11 is 0. The minimum absolute atomic E-state index is 0.0858. The molecule has 2 amide bonds. The zero-order valence-electron chi connectivity index (χ0n) is 18.2. The van der Waals surface area contributed by atoms with E-state index in [0.717, 1.165) is 5.52 Å². The van der Waals surface area contributed by atoms with Gasteiger partial charge in [0.1, 0.15) is 18.1 Å². The van der Waals surface area contributed by atoms with E-state index >= 15 is 0 Å². The third-order valence-corrected chi connectivity index (χ3v) is 5.12. The van der Waals surface area contributed by atoms with E-state index in [1.807, 2.05) is 42.5 Å². The summed E-state index contributed by atoms with van der Waals surface area (Å²) in [5.41, 5.74) is 2.61. The predicted octanol–water partition coefficient (Wildman–Crippen LogP) is 2.36. The molecule has 0 bridgehead atoms. The lowest BCUT2D eigenvalue weighted by Gasteiger charge is -2.31. The molecule has 2 aromatic heterocycles. The number of methoxy groups -OCH3 is 1. The molecule has 9 heteroatoms. The Labute approximate surface area is 191 Å². The van der Waals surface area contributed by atoms with Gasteiger partial charge in [-0.25, -0.2) is 4.68 Å². The van der Waals surface area contributed by atoms with Gasteiger partial charge < -0.3 is 10.1 Å². The summed E-state index contributed by atoms with van der Waals surface area (Å²) in [6, 6.07) is 19.1. The summed E-state index contributed by atoms with van der Waals surface area (Å²) in [6.07, 6.45) is 3.22. The van der Waals surface area contributed by atoms with E-state index in [4.69, 9.17) is 4.74 Å². The van der Waals surface area contributed by atoms with Gasteiger partial charge in [-0.15, -0.1) is 5.10 Å². The van der Waals surface area contributed by atoms with Crippen LogP contribution in [0.1, 0.15) is 11.6 Å². The number of amides is 2. The second-order valence-electron chi connectivity index (χ2n) is 7.31. The molecular weight excluding hydrogens is 420 g/mol. The highest BCUT2D eigenvalue weighted by Gasteiger charge is 2.33. The van der Waals surface area contributed by atoms with Crippen molar-refractivity contribution in [1.82, 2.24) is 25.3 Å². The van der Waals surface area contributed by atoms with Crippen LogP contribution in [0.4, 0.5) is 5.69 Å².